The van der Waals surface area contributed by atoms with Crippen LogP contribution in [0.4, 0.5) is 10.2 Å². The number of nitrogens with two attached hydrogens (primary N) is 1. The molecule has 0 amide bonds. The molecule has 4 rings (SSSR count). The third kappa shape index (κ3) is 3.22. The fraction of sp³-hybridized carbons (Fsp3) is 0.300. The third-order valence-corrected chi connectivity index (χ3v) is 5.01. The van der Waals surface area contributed by atoms with Crippen LogP contribution in [-0.4, -0.2) is 54.3 Å². The molecule has 0 bridgehead atoms. The van der Waals surface area contributed by atoms with Crippen molar-refractivity contribution in [3.8, 4) is 11.8 Å². The second kappa shape index (κ2) is 7.09. The molecule has 0 aliphatic carbocycles. The Hall–Kier alpha value is -3.03. The summed E-state index contributed by atoms with van der Waals surface area (Å²) >= 11 is 0. The lowest BCUT2D eigenvalue weighted by Crippen LogP contribution is -2.44. The minimum atomic E-state index is -1.69. The van der Waals surface area contributed by atoms with Crippen LogP contribution in [0.5, 0.6) is 0 Å². The van der Waals surface area contributed by atoms with Gasteiger partial charge in [0.2, 0.25) is 0 Å². The average Bonchev–Trinajstić information content (AvgIpc) is 3.17. The largest absolute Gasteiger partial charge is 0.394 e. The van der Waals surface area contributed by atoms with Gasteiger partial charge in [-0.3, -0.25) is 0 Å². The van der Waals surface area contributed by atoms with Gasteiger partial charge in [0.1, 0.15) is 41.4 Å². The van der Waals surface area contributed by atoms with Gasteiger partial charge in [-0.05, 0) is 31.2 Å². The number of halogens is 1. The van der Waals surface area contributed by atoms with Crippen molar-refractivity contribution >= 4 is 16.9 Å². The number of nitrogen functional groups attached to an aromatic ring is 1. The monoisotopic (exact) mass is 398 g/mol. The SMILES string of the molecule is C[C@@]1(O)C(O)C(CO)OC1n1cc(C#Cc2ccc(F)cc2)c2c(N)ncnc21. The van der Waals surface area contributed by atoms with Gasteiger partial charge in [0.05, 0.1) is 17.6 Å². The van der Waals surface area contributed by atoms with Gasteiger partial charge in [-0.15, -0.1) is 0 Å². The highest BCUT2D eigenvalue weighted by atomic mass is 19.1. The van der Waals surface area contributed by atoms with Crippen molar-refractivity contribution in [1.82, 2.24) is 14.5 Å². The summed E-state index contributed by atoms with van der Waals surface area (Å²) in [6.45, 7) is 0.958. The number of hydrogen-bond acceptors (Lipinski definition) is 7. The molecular weight excluding hydrogens is 379 g/mol. The predicted molar refractivity (Wildman–Crippen MR) is 102 cm³/mol. The molecule has 5 N–H and O–H groups in total. The smallest absolute Gasteiger partial charge is 0.167 e. The zero-order valence-electron chi connectivity index (χ0n) is 15.5. The lowest BCUT2D eigenvalue weighted by molar-refractivity contribution is -0.0948. The van der Waals surface area contributed by atoms with Crippen molar-refractivity contribution in [2.24, 2.45) is 0 Å². The lowest BCUT2D eigenvalue weighted by Gasteiger charge is -2.27. The average molecular weight is 398 g/mol. The number of aliphatic hydroxyl groups excluding tert-OH is 2. The molecule has 3 aromatic rings. The van der Waals surface area contributed by atoms with E-state index in [0.717, 1.165) is 0 Å². The topological polar surface area (TPSA) is 127 Å². The molecule has 3 heterocycles. The van der Waals surface area contributed by atoms with Crippen molar-refractivity contribution < 1.29 is 24.4 Å². The Bertz CT molecular complexity index is 1120. The summed E-state index contributed by atoms with van der Waals surface area (Å²) < 4.78 is 20.3. The van der Waals surface area contributed by atoms with E-state index in [0.29, 0.717) is 22.2 Å². The highest BCUT2D eigenvalue weighted by molar-refractivity contribution is 5.92. The predicted octanol–water partition coefficient (Wildman–Crippen LogP) is 0.554. The van der Waals surface area contributed by atoms with Crippen LogP contribution in [0, 0.1) is 17.7 Å². The molecule has 29 heavy (non-hydrogen) atoms. The van der Waals surface area contributed by atoms with Crippen LogP contribution >= 0.6 is 0 Å². The number of ether oxygens (including phenoxy) is 1. The maximum absolute atomic E-state index is 13.1. The van der Waals surface area contributed by atoms with Crippen LogP contribution in [0.2, 0.25) is 0 Å². The van der Waals surface area contributed by atoms with Gasteiger partial charge in [-0.2, -0.15) is 0 Å². The summed E-state index contributed by atoms with van der Waals surface area (Å²) in [7, 11) is 0. The Morgan fingerprint density at radius 2 is 2.00 bits per heavy atom. The fourth-order valence-electron chi connectivity index (χ4n) is 3.44. The van der Waals surface area contributed by atoms with Gasteiger partial charge in [0.25, 0.3) is 0 Å². The normalized spacial score (nSPS) is 26.4. The van der Waals surface area contributed by atoms with Gasteiger partial charge < -0.3 is 30.4 Å². The molecule has 1 aliphatic rings. The molecule has 150 valence electrons. The van der Waals surface area contributed by atoms with Crippen molar-refractivity contribution in [3.05, 3.63) is 53.7 Å². The van der Waals surface area contributed by atoms with Crippen molar-refractivity contribution in [2.75, 3.05) is 12.3 Å². The van der Waals surface area contributed by atoms with Crippen molar-refractivity contribution in [2.45, 2.75) is 31.0 Å². The molecule has 0 saturated carbocycles. The van der Waals surface area contributed by atoms with E-state index in [9.17, 15) is 19.7 Å². The zero-order valence-corrected chi connectivity index (χ0v) is 15.5. The molecular formula is C20H19FN4O4. The van der Waals surface area contributed by atoms with E-state index in [-0.39, 0.29) is 11.6 Å². The molecule has 0 spiro atoms. The third-order valence-electron chi connectivity index (χ3n) is 5.01. The van der Waals surface area contributed by atoms with Crippen molar-refractivity contribution in [1.29, 1.82) is 0 Å². The van der Waals surface area contributed by atoms with E-state index >= 15 is 0 Å². The second-order valence-corrected chi connectivity index (χ2v) is 7.04. The molecule has 1 saturated heterocycles. The molecule has 3 unspecified atom stereocenters. The van der Waals surface area contributed by atoms with Gasteiger partial charge in [-0.1, -0.05) is 11.8 Å². The van der Waals surface area contributed by atoms with E-state index in [2.05, 4.69) is 21.8 Å². The first-order chi connectivity index (χ1) is 13.8. The number of benzene rings is 1. The van der Waals surface area contributed by atoms with E-state index in [1.807, 2.05) is 0 Å². The van der Waals surface area contributed by atoms with E-state index < -0.39 is 30.6 Å². The Labute approximate surface area is 165 Å². The number of hydrogen-bond donors (Lipinski definition) is 4. The van der Waals surface area contributed by atoms with Crippen LogP contribution in [0.3, 0.4) is 0 Å². The van der Waals surface area contributed by atoms with Crippen LogP contribution in [0.1, 0.15) is 24.3 Å². The molecule has 8 nitrogen and oxygen atoms in total. The first-order valence-electron chi connectivity index (χ1n) is 8.88. The zero-order chi connectivity index (χ0) is 20.8. The number of anilines is 1. The van der Waals surface area contributed by atoms with Crippen LogP contribution in [0.15, 0.2) is 36.8 Å². The Balaban J connectivity index is 1.84. The van der Waals surface area contributed by atoms with Gasteiger partial charge in [0.15, 0.2) is 6.23 Å². The molecule has 2 aromatic heterocycles. The van der Waals surface area contributed by atoms with Gasteiger partial charge in [-0.25, -0.2) is 14.4 Å². The highest BCUT2D eigenvalue weighted by Gasteiger charge is 2.53. The maximum Gasteiger partial charge on any atom is 0.167 e. The number of aliphatic hydroxyl groups is 3. The molecule has 1 aromatic carbocycles. The summed E-state index contributed by atoms with van der Waals surface area (Å²) in [6.07, 6.45) is -0.427. The van der Waals surface area contributed by atoms with Gasteiger partial charge >= 0.3 is 0 Å². The van der Waals surface area contributed by atoms with Crippen molar-refractivity contribution in [3.63, 3.8) is 0 Å². The summed E-state index contributed by atoms with van der Waals surface area (Å²) in [6, 6.07) is 5.72. The quantitative estimate of drug-likeness (QED) is 0.465. The summed E-state index contributed by atoms with van der Waals surface area (Å²) in [5, 5.41) is 31.0. The summed E-state index contributed by atoms with van der Waals surface area (Å²) in [5.74, 6) is 5.73. The number of rotatable bonds is 2. The minimum Gasteiger partial charge on any atom is -0.394 e. The number of nitrogens with zero attached hydrogens (tertiary/aromatic N) is 3. The highest BCUT2D eigenvalue weighted by Crippen LogP contribution is 2.40. The number of fused-ring (bicyclic) bond motifs is 1. The minimum absolute atomic E-state index is 0.189. The van der Waals surface area contributed by atoms with E-state index in [1.165, 1.54) is 30.0 Å². The Morgan fingerprint density at radius 3 is 2.66 bits per heavy atom. The lowest BCUT2D eigenvalue weighted by atomic mass is 9.96. The fourth-order valence-corrected chi connectivity index (χ4v) is 3.44. The van der Waals surface area contributed by atoms with Crippen LogP contribution in [-0.2, 0) is 4.74 Å². The van der Waals surface area contributed by atoms with Crippen LogP contribution in [0.25, 0.3) is 11.0 Å². The summed E-state index contributed by atoms with van der Waals surface area (Å²) in [4.78, 5) is 8.23. The maximum atomic E-state index is 13.1. The summed E-state index contributed by atoms with van der Waals surface area (Å²) in [5.41, 5.74) is 5.77. The Morgan fingerprint density at radius 1 is 1.28 bits per heavy atom. The molecule has 1 fully saturated rings. The first-order valence-corrected chi connectivity index (χ1v) is 8.88. The van der Waals surface area contributed by atoms with Crippen LogP contribution < -0.4 is 5.73 Å². The number of aromatic nitrogens is 3. The second-order valence-electron chi connectivity index (χ2n) is 7.04. The molecule has 1 aliphatic heterocycles. The Kier molecular flexibility index (Phi) is 4.72. The first kappa shape index (κ1) is 19.3. The standard InChI is InChI=1S/C20H19FN4O4/c1-20(28)16(27)14(9-26)29-19(20)25-8-12(15-17(22)23-10-24-18(15)25)5-2-11-3-6-13(21)7-4-11/h3-4,6-8,10,14,16,19,26-28H,9H2,1H3,(H2,22,23,24)/t14?,16?,19?,20-/m1/s1. The van der Waals surface area contributed by atoms with E-state index in [4.69, 9.17) is 10.5 Å². The molecule has 9 heteroatoms. The van der Waals surface area contributed by atoms with E-state index in [1.54, 1.807) is 18.3 Å². The molecule has 4 atom stereocenters. The van der Waals surface area contributed by atoms with Gasteiger partial charge in [0, 0.05) is 11.8 Å². The molecule has 0 radical (unpaired) electrons.